The number of pyridine rings is 1. The van der Waals surface area contributed by atoms with Crippen LogP contribution in [0.4, 0.5) is 0 Å². The molecule has 0 aromatic carbocycles. The highest BCUT2D eigenvalue weighted by Gasteiger charge is 1.94. The molecular formula is C16H18BrNO2. The number of hydrogen-bond acceptors (Lipinski definition) is 3. The average Bonchev–Trinajstić information content (AvgIpc) is 2.49. The van der Waals surface area contributed by atoms with E-state index < -0.39 is 0 Å². The Morgan fingerprint density at radius 1 is 1.40 bits per heavy atom. The average molecular weight is 336 g/mol. The van der Waals surface area contributed by atoms with Crippen LogP contribution in [0.15, 0.2) is 52.8 Å². The van der Waals surface area contributed by atoms with Gasteiger partial charge in [-0.1, -0.05) is 30.4 Å². The van der Waals surface area contributed by atoms with E-state index in [1.54, 1.807) is 19.4 Å². The largest absolute Gasteiger partial charge is 0.380 e. The normalized spacial score (nSPS) is 13.6. The number of hydrogen-bond donors (Lipinski definition) is 0. The van der Waals surface area contributed by atoms with Crippen LogP contribution in [0.1, 0.15) is 18.4 Å². The van der Waals surface area contributed by atoms with Gasteiger partial charge in [0.2, 0.25) is 0 Å². The Labute approximate surface area is 128 Å². The van der Waals surface area contributed by atoms with E-state index in [4.69, 9.17) is 4.74 Å². The fourth-order valence-corrected chi connectivity index (χ4v) is 1.81. The summed E-state index contributed by atoms with van der Waals surface area (Å²) in [6.07, 6.45) is 14.5. The highest BCUT2D eigenvalue weighted by molar-refractivity contribution is 9.10. The first-order valence-electron chi connectivity index (χ1n) is 6.34. The number of nitrogens with zero attached hydrogens (tertiary/aromatic N) is 1. The third-order valence-electron chi connectivity index (χ3n) is 2.50. The lowest BCUT2D eigenvalue weighted by molar-refractivity contribution is -0.104. The third-order valence-corrected chi connectivity index (χ3v) is 2.97. The summed E-state index contributed by atoms with van der Waals surface area (Å²) >= 11 is 3.21. The summed E-state index contributed by atoms with van der Waals surface area (Å²) in [5.41, 5.74) is 2.23. The molecule has 0 atom stereocenters. The van der Waals surface area contributed by atoms with Gasteiger partial charge in [-0.15, -0.1) is 0 Å². The van der Waals surface area contributed by atoms with E-state index in [9.17, 15) is 4.79 Å². The third kappa shape index (κ3) is 7.16. The van der Waals surface area contributed by atoms with E-state index in [2.05, 4.69) is 39.1 Å². The number of carbonyl (C=O) groups is 1. The molecule has 0 saturated carbocycles. The second kappa shape index (κ2) is 10.3. The molecule has 4 heteroatoms. The number of carbonyl (C=O) groups excluding carboxylic acids is 1. The second-order valence-electron chi connectivity index (χ2n) is 4.10. The molecule has 1 aromatic rings. The quantitative estimate of drug-likeness (QED) is 0.475. The lowest BCUT2D eigenvalue weighted by Crippen LogP contribution is -1.93. The van der Waals surface area contributed by atoms with Crippen molar-refractivity contribution in [2.45, 2.75) is 12.8 Å². The van der Waals surface area contributed by atoms with E-state index >= 15 is 0 Å². The Hall–Kier alpha value is -1.52. The number of halogens is 1. The van der Waals surface area contributed by atoms with Crippen molar-refractivity contribution in [3.8, 4) is 0 Å². The van der Waals surface area contributed by atoms with Gasteiger partial charge in [0, 0.05) is 13.3 Å². The van der Waals surface area contributed by atoms with Crippen LogP contribution < -0.4 is 0 Å². The Morgan fingerprint density at radius 3 is 2.80 bits per heavy atom. The van der Waals surface area contributed by atoms with Crippen molar-refractivity contribution in [3.63, 3.8) is 0 Å². The van der Waals surface area contributed by atoms with E-state index in [-0.39, 0.29) is 0 Å². The van der Waals surface area contributed by atoms with Gasteiger partial charge in [0.25, 0.3) is 0 Å². The topological polar surface area (TPSA) is 39.2 Å². The molecule has 0 amide bonds. The monoisotopic (exact) mass is 335 g/mol. The number of methoxy groups -OCH3 is 1. The first-order chi connectivity index (χ1) is 9.76. The molecule has 0 spiro atoms. The molecule has 2 rings (SSSR count). The summed E-state index contributed by atoms with van der Waals surface area (Å²) < 4.78 is 5.75. The Morgan fingerprint density at radius 2 is 2.25 bits per heavy atom. The lowest BCUT2D eigenvalue weighted by atomic mass is 10.1. The van der Waals surface area contributed by atoms with Crippen LogP contribution in [0.3, 0.4) is 0 Å². The molecule has 0 fully saturated rings. The molecule has 0 bridgehead atoms. The van der Waals surface area contributed by atoms with Crippen molar-refractivity contribution < 1.29 is 9.53 Å². The van der Waals surface area contributed by atoms with E-state index in [1.165, 1.54) is 24.5 Å². The second-order valence-corrected chi connectivity index (χ2v) is 4.91. The molecule has 3 nitrogen and oxygen atoms in total. The van der Waals surface area contributed by atoms with Gasteiger partial charge in [0.05, 0.1) is 6.61 Å². The van der Waals surface area contributed by atoms with Gasteiger partial charge in [-0.2, -0.15) is 0 Å². The maximum atomic E-state index is 9.93. The molecule has 1 aromatic heterocycles. The zero-order valence-electron chi connectivity index (χ0n) is 11.5. The fraction of sp³-hybridized carbons (Fsp3) is 0.250. The molecule has 0 aliphatic heterocycles. The van der Waals surface area contributed by atoms with Gasteiger partial charge in [0.15, 0.2) is 0 Å². The predicted octanol–water partition coefficient (Wildman–Crippen LogP) is 3.97. The first-order valence-corrected chi connectivity index (χ1v) is 7.13. The van der Waals surface area contributed by atoms with Crippen LogP contribution in [0, 0.1) is 0 Å². The van der Waals surface area contributed by atoms with Gasteiger partial charge in [-0.25, -0.2) is 4.98 Å². The molecule has 0 radical (unpaired) electrons. The summed E-state index contributed by atoms with van der Waals surface area (Å²) in [7, 11) is 1.73. The predicted molar refractivity (Wildman–Crippen MR) is 85.4 cm³/mol. The van der Waals surface area contributed by atoms with Crippen molar-refractivity contribution in [2.75, 3.05) is 13.7 Å². The fourth-order valence-electron chi connectivity index (χ4n) is 1.58. The standard InChI is InChI=1S/C8H6BrNO.C8H12O/c9-8-4-3-7(6-10-8)2-1-5-11;1-9-7-8-5-3-2-4-6-8/h1-6H;3,5-6H,2,4,7H2,1H3/b2-1+;. The Kier molecular flexibility index (Phi) is 8.51. The van der Waals surface area contributed by atoms with Crippen LogP contribution in [0.2, 0.25) is 0 Å². The first kappa shape index (κ1) is 16.5. The van der Waals surface area contributed by atoms with Crippen LogP contribution in [0.5, 0.6) is 0 Å². The van der Waals surface area contributed by atoms with E-state index in [0.717, 1.165) is 23.1 Å². The summed E-state index contributed by atoms with van der Waals surface area (Å²) in [5, 5.41) is 0. The maximum absolute atomic E-state index is 9.93. The smallest absolute Gasteiger partial charge is 0.142 e. The molecular weight excluding hydrogens is 318 g/mol. The molecule has 20 heavy (non-hydrogen) atoms. The van der Waals surface area contributed by atoms with Gasteiger partial charge in [0.1, 0.15) is 10.9 Å². The van der Waals surface area contributed by atoms with Crippen LogP contribution >= 0.6 is 15.9 Å². The van der Waals surface area contributed by atoms with Crippen molar-refractivity contribution in [2.24, 2.45) is 0 Å². The zero-order chi connectivity index (χ0) is 14.6. The summed E-state index contributed by atoms with van der Waals surface area (Å²) in [6, 6.07) is 3.70. The summed E-state index contributed by atoms with van der Waals surface area (Å²) in [6.45, 7) is 0.760. The van der Waals surface area contributed by atoms with Gasteiger partial charge in [-0.3, -0.25) is 4.79 Å². The molecule has 106 valence electrons. The molecule has 1 heterocycles. The van der Waals surface area contributed by atoms with Crippen LogP contribution in [0.25, 0.3) is 6.08 Å². The van der Waals surface area contributed by atoms with Gasteiger partial charge >= 0.3 is 0 Å². The van der Waals surface area contributed by atoms with Crippen molar-refractivity contribution in [1.29, 1.82) is 0 Å². The highest BCUT2D eigenvalue weighted by Crippen LogP contribution is 2.08. The lowest BCUT2D eigenvalue weighted by Gasteiger charge is -2.03. The van der Waals surface area contributed by atoms with Gasteiger partial charge in [-0.05, 0) is 52.1 Å². The van der Waals surface area contributed by atoms with E-state index in [0.29, 0.717) is 0 Å². The Balaban J connectivity index is 0.000000204. The Bertz CT molecular complexity index is 490. The number of ether oxygens (including phenoxy) is 1. The molecule has 1 aliphatic rings. The minimum atomic E-state index is 0.738. The summed E-state index contributed by atoms with van der Waals surface area (Å²) in [4.78, 5) is 13.9. The minimum absolute atomic E-state index is 0.738. The molecule has 0 unspecified atom stereocenters. The zero-order valence-corrected chi connectivity index (χ0v) is 13.0. The highest BCUT2D eigenvalue weighted by atomic mass is 79.9. The van der Waals surface area contributed by atoms with Crippen LogP contribution in [-0.2, 0) is 9.53 Å². The van der Waals surface area contributed by atoms with E-state index in [1.807, 2.05) is 12.1 Å². The number of aromatic nitrogens is 1. The van der Waals surface area contributed by atoms with Crippen molar-refractivity contribution in [1.82, 2.24) is 4.98 Å². The molecule has 0 saturated heterocycles. The number of allylic oxidation sites excluding steroid dienone is 3. The number of rotatable bonds is 4. The maximum Gasteiger partial charge on any atom is 0.142 e. The van der Waals surface area contributed by atoms with Gasteiger partial charge < -0.3 is 4.74 Å². The van der Waals surface area contributed by atoms with Crippen molar-refractivity contribution in [3.05, 3.63) is 58.4 Å². The van der Waals surface area contributed by atoms with Crippen molar-refractivity contribution >= 4 is 28.3 Å². The number of aldehydes is 1. The molecule has 0 N–H and O–H groups in total. The minimum Gasteiger partial charge on any atom is -0.380 e. The molecule has 1 aliphatic carbocycles. The summed E-state index contributed by atoms with van der Waals surface area (Å²) in [5.74, 6) is 0. The SMILES string of the molecule is COCC1=CCCC=C1.O=C/C=C/c1ccc(Br)nc1. The van der Waals surface area contributed by atoms with Crippen LogP contribution in [-0.4, -0.2) is 25.0 Å².